The fourth-order valence-corrected chi connectivity index (χ4v) is 0.968. The van der Waals surface area contributed by atoms with Crippen molar-refractivity contribution in [1.82, 2.24) is 5.32 Å². The van der Waals surface area contributed by atoms with E-state index in [9.17, 15) is 0 Å². The molecule has 0 spiro atoms. The van der Waals surface area contributed by atoms with Gasteiger partial charge < -0.3 is 15.8 Å². The number of nitrogens with two attached hydrogens (primary N) is 1. The van der Waals surface area contributed by atoms with E-state index in [4.69, 9.17) is 10.5 Å². The third-order valence-electron chi connectivity index (χ3n) is 1.47. The molecule has 1 heterocycles. The van der Waals surface area contributed by atoms with Gasteiger partial charge in [0.15, 0.2) is 0 Å². The molecule has 0 amide bonds. The van der Waals surface area contributed by atoms with Crippen LogP contribution in [0.3, 0.4) is 0 Å². The first kappa shape index (κ1) is 7.25. The summed E-state index contributed by atoms with van der Waals surface area (Å²) in [5.41, 5.74) is 6.51. The van der Waals surface area contributed by atoms with Crippen molar-refractivity contribution in [2.24, 2.45) is 5.73 Å². The van der Waals surface area contributed by atoms with Crippen LogP contribution in [0.15, 0.2) is 11.6 Å². The second-order valence-corrected chi connectivity index (χ2v) is 2.34. The standard InChI is InChI=1S/C7H14N2O.H2/c1-2-9-7-6(8)4-3-5-10-7;/h9H,2-5,8H2,1H3;1H. The van der Waals surface area contributed by atoms with E-state index in [1.165, 1.54) is 0 Å². The summed E-state index contributed by atoms with van der Waals surface area (Å²) < 4.78 is 5.27. The summed E-state index contributed by atoms with van der Waals surface area (Å²) in [5.74, 6) is 0.786. The Balaban J connectivity index is 0.000001000. The van der Waals surface area contributed by atoms with Gasteiger partial charge in [0.2, 0.25) is 5.88 Å². The second-order valence-electron chi connectivity index (χ2n) is 2.34. The monoisotopic (exact) mass is 144 g/mol. The minimum absolute atomic E-state index is 0. The largest absolute Gasteiger partial charge is 0.478 e. The van der Waals surface area contributed by atoms with Crippen LogP contribution in [0, 0.1) is 0 Å². The van der Waals surface area contributed by atoms with Gasteiger partial charge in [-0.1, -0.05) is 0 Å². The molecule has 0 aromatic heterocycles. The van der Waals surface area contributed by atoms with E-state index in [1.54, 1.807) is 0 Å². The molecule has 0 aliphatic carbocycles. The van der Waals surface area contributed by atoms with Crippen molar-refractivity contribution in [1.29, 1.82) is 0 Å². The van der Waals surface area contributed by atoms with Gasteiger partial charge in [0.05, 0.1) is 12.3 Å². The van der Waals surface area contributed by atoms with Crippen LogP contribution in [0.2, 0.25) is 0 Å². The zero-order valence-electron chi connectivity index (χ0n) is 6.31. The fourth-order valence-electron chi connectivity index (χ4n) is 0.968. The minimum Gasteiger partial charge on any atom is -0.478 e. The summed E-state index contributed by atoms with van der Waals surface area (Å²) in [6, 6.07) is 0. The van der Waals surface area contributed by atoms with E-state index in [-0.39, 0.29) is 1.43 Å². The molecule has 0 bridgehead atoms. The highest BCUT2D eigenvalue weighted by Crippen LogP contribution is 2.11. The van der Waals surface area contributed by atoms with Crippen LogP contribution in [0.25, 0.3) is 0 Å². The van der Waals surface area contributed by atoms with Crippen molar-refractivity contribution in [3.63, 3.8) is 0 Å². The van der Waals surface area contributed by atoms with Crippen molar-refractivity contribution in [2.45, 2.75) is 19.8 Å². The van der Waals surface area contributed by atoms with Crippen LogP contribution in [0.1, 0.15) is 21.2 Å². The maximum atomic E-state index is 5.66. The smallest absolute Gasteiger partial charge is 0.206 e. The van der Waals surface area contributed by atoms with Crippen molar-refractivity contribution in [3.8, 4) is 0 Å². The van der Waals surface area contributed by atoms with Crippen LogP contribution in [0.4, 0.5) is 0 Å². The lowest BCUT2D eigenvalue weighted by Crippen LogP contribution is -2.24. The topological polar surface area (TPSA) is 47.3 Å². The van der Waals surface area contributed by atoms with Gasteiger partial charge in [-0.2, -0.15) is 0 Å². The highest BCUT2D eigenvalue weighted by Gasteiger charge is 2.08. The van der Waals surface area contributed by atoms with Gasteiger partial charge in [0.1, 0.15) is 0 Å². The molecular weight excluding hydrogens is 128 g/mol. The number of hydrogen-bond donors (Lipinski definition) is 2. The minimum atomic E-state index is 0. The average molecular weight is 144 g/mol. The summed E-state index contributed by atoms with van der Waals surface area (Å²) in [4.78, 5) is 0. The van der Waals surface area contributed by atoms with E-state index >= 15 is 0 Å². The van der Waals surface area contributed by atoms with Gasteiger partial charge in [-0.25, -0.2) is 0 Å². The van der Waals surface area contributed by atoms with Gasteiger partial charge in [-0.05, 0) is 19.8 Å². The number of hydrogen-bond acceptors (Lipinski definition) is 3. The SMILES string of the molecule is CCNC1=C(N)CCCO1.[HH]. The Labute approximate surface area is 62.7 Å². The van der Waals surface area contributed by atoms with Gasteiger partial charge in [0.25, 0.3) is 0 Å². The van der Waals surface area contributed by atoms with Gasteiger partial charge in [0, 0.05) is 7.97 Å². The third-order valence-corrected chi connectivity index (χ3v) is 1.47. The van der Waals surface area contributed by atoms with Crippen LogP contribution in [0.5, 0.6) is 0 Å². The van der Waals surface area contributed by atoms with E-state index in [0.717, 1.165) is 37.6 Å². The molecule has 0 atom stereocenters. The Morgan fingerprint density at radius 1 is 1.80 bits per heavy atom. The summed E-state index contributed by atoms with van der Waals surface area (Å²) in [7, 11) is 0. The van der Waals surface area contributed by atoms with E-state index in [0.29, 0.717) is 0 Å². The summed E-state index contributed by atoms with van der Waals surface area (Å²) >= 11 is 0. The van der Waals surface area contributed by atoms with Crippen LogP contribution in [-0.4, -0.2) is 13.2 Å². The predicted molar refractivity (Wildman–Crippen MR) is 42.2 cm³/mol. The average Bonchev–Trinajstić information content (AvgIpc) is 1.94. The Kier molecular flexibility index (Phi) is 2.42. The normalized spacial score (nSPS) is 18.5. The number of rotatable bonds is 2. The van der Waals surface area contributed by atoms with E-state index in [2.05, 4.69) is 5.32 Å². The van der Waals surface area contributed by atoms with Crippen molar-refractivity contribution in [2.75, 3.05) is 13.2 Å². The molecule has 0 aromatic rings. The van der Waals surface area contributed by atoms with Crippen molar-refractivity contribution >= 4 is 0 Å². The molecule has 3 N–H and O–H groups in total. The first-order chi connectivity index (χ1) is 4.84. The van der Waals surface area contributed by atoms with E-state index < -0.39 is 0 Å². The number of ether oxygens (including phenoxy) is 1. The zero-order chi connectivity index (χ0) is 7.40. The van der Waals surface area contributed by atoms with Crippen molar-refractivity contribution < 1.29 is 6.16 Å². The molecule has 1 rings (SSSR count). The number of nitrogens with one attached hydrogen (secondary N) is 1. The Hall–Kier alpha value is -0.860. The van der Waals surface area contributed by atoms with Gasteiger partial charge >= 0.3 is 0 Å². The molecule has 3 nitrogen and oxygen atoms in total. The zero-order valence-corrected chi connectivity index (χ0v) is 6.31. The highest BCUT2D eigenvalue weighted by atomic mass is 16.5. The van der Waals surface area contributed by atoms with Crippen LogP contribution < -0.4 is 11.1 Å². The highest BCUT2D eigenvalue weighted by molar-refractivity contribution is 5.04. The molecule has 0 radical (unpaired) electrons. The lowest BCUT2D eigenvalue weighted by Gasteiger charge is -2.18. The molecule has 0 saturated heterocycles. The molecule has 0 fully saturated rings. The molecule has 1 aliphatic rings. The quantitative estimate of drug-likeness (QED) is 0.602. The third kappa shape index (κ3) is 1.56. The fraction of sp³-hybridized carbons (Fsp3) is 0.714. The van der Waals surface area contributed by atoms with Crippen LogP contribution in [-0.2, 0) is 4.74 Å². The summed E-state index contributed by atoms with van der Waals surface area (Å²) in [6.07, 6.45) is 2.00. The first-order valence-corrected chi connectivity index (χ1v) is 3.70. The number of allylic oxidation sites excluding steroid dienone is 1. The second kappa shape index (κ2) is 3.34. The molecule has 10 heavy (non-hydrogen) atoms. The molecule has 0 aromatic carbocycles. The maximum absolute atomic E-state index is 5.66. The van der Waals surface area contributed by atoms with Gasteiger partial charge in [-0.15, -0.1) is 0 Å². The predicted octanol–water partition coefficient (Wildman–Crippen LogP) is 0.780. The Morgan fingerprint density at radius 2 is 2.60 bits per heavy atom. The van der Waals surface area contributed by atoms with Gasteiger partial charge in [-0.3, -0.25) is 0 Å². The van der Waals surface area contributed by atoms with Crippen molar-refractivity contribution in [3.05, 3.63) is 11.6 Å². The molecule has 60 valence electrons. The lowest BCUT2D eigenvalue weighted by molar-refractivity contribution is 0.167. The Morgan fingerprint density at radius 3 is 3.20 bits per heavy atom. The summed E-state index contributed by atoms with van der Waals surface area (Å²) in [5, 5.41) is 3.07. The molecule has 0 unspecified atom stereocenters. The molecule has 0 saturated carbocycles. The Bertz CT molecular complexity index is 147. The summed E-state index contributed by atoms with van der Waals surface area (Å²) in [6.45, 7) is 3.69. The first-order valence-electron chi connectivity index (χ1n) is 3.70. The molecule has 1 aliphatic heterocycles. The van der Waals surface area contributed by atoms with E-state index in [1.807, 2.05) is 6.92 Å². The molecular formula is C7H16N2O. The van der Waals surface area contributed by atoms with Crippen LogP contribution >= 0.6 is 0 Å². The molecule has 3 heteroatoms. The maximum Gasteiger partial charge on any atom is 0.206 e. The lowest BCUT2D eigenvalue weighted by atomic mass is 10.2.